The summed E-state index contributed by atoms with van der Waals surface area (Å²) in [6, 6.07) is 6.69. The second-order valence-electron chi connectivity index (χ2n) is 6.03. The van der Waals surface area contributed by atoms with Gasteiger partial charge in [0.15, 0.2) is 0 Å². The van der Waals surface area contributed by atoms with Crippen LogP contribution in [0.15, 0.2) is 34.7 Å². The van der Waals surface area contributed by atoms with Crippen LogP contribution in [0.2, 0.25) is 0 Å². The van der Waals surface area contributed by atoms with Crippen molar-refractivity contribution < 1.29 is 13.2 Å². The van der Waals surface area contributed by atoms with E-state index in [0.29, 0.717) is 35.1 Å². The van der Waals surface area contributed by atoms with Crippen molar-refractivity contribution in [2.45, 2.75) is 24.0 Å². The number of carbonyl (C=O) groups excluding carboxylic acids is 1. The standard InChI is InChI=1S/C16H20N4O3S2.ClH/c1-11-4-7-15(24-11)25(22,23)20-8-2-3-12(10-20)16(21)19-13-5-6-14(17)18-9-13;/h4-7,9,12H,2-3,8,10H2,1H3,(H2,17,18)(H,19,21);1H. The molecule has 0 aliphatic carbocycles. The summed E-state index contributed by atoms with van der Waals surface area (Å²) in [6.07, 6.45) is 2.80. The molecular formula is C16H21ClN4O3S2. The fourth-order valence-electron chi connectivity index (χ4n) is 2.78. The van der Waals surface area contributed by atoms with Crippen LogP contribution in [0, 0.1) is 12.8 Å². The van der Waals surface area contributed by atoms with E-state index in [1.54, 1.807) is 24.3 Å². The highest BCUT2D eigenvalue weighted by Gasteiger charge is 2.34. The molecule has 0 bridgehead atoms. The van der Waals surface area contributed by atoms with Gasteiger partial charge in [0.25, 0.3) is 10.0 Å². The monoisotopic (exact) mass is 416 g/mol. The number of halogens is 1. The van der Waals surface area contributed by atoms with Gasteiger partial charge in [0.05, 0.1) is 17.8 Å². The van der Waals surface area contributed by atoms with Crippen LogP contribution in [0.5, 0.6) is 0 Å². The molecule has 1 saturated heterocycles. The molecule has 1 atom stereocenters. The zero-order valence-electron chi connectivity index (χ0n) is 14.2. The lowest BCUT2D eigenvalue weighted by Gasteiger charge is -2.30. The number of nitrogens with two attached hydrogens (primary N) is 1. The summed E-state index contributed by atoms with van der Waals surface area (Å²) in [5.41, 5.74) is 6.08. The SMILES string of the molecule is Cc1ccc(S(=O)(=O)N2CCCC(C(=O)Nc3ccc(N)nc3)C2)s1.Cl. The van der Waals surface area contributed by atoms with Crippen molar-refractivity contribution >= 4 is 51.2 Å². The first-order chi connectivity index (χ1) is 11.9. The number of nitrogens with zero attached hydrogens (tertiary/aromatic N) is 2. The Morgan fingerprint density at radius 1 is 1.35 bits per heavy atom. The van der Waals surface area contributed by atoms with Gasteiger partial charge < -0.3 is 11.1 Å². The first kappa shape index (κ1) is 20.6. The van der Waals surface area contributed by atoms with Gasteiger partial charge in [-0.3, -0.25) is 4.79 Å². The summed E-state index contributed by atoms with van der Waals surface area (Å²) in [7, 11) is -3.54. The molecule has 1 fully saturated rings. The van der Waals surface area contributed by atoms with Crippen LogP contribution in [0.1, 0.15) is 17.7 Å². The lowest BCUT2D eigenvalue weighted by molar-refractivity contribution is -0.120. The minimum Gasteiger partial charge on any atom is -0.384 e. The molecule has 142 valence electrons. The fourth-order valence-corrected chi connectivity index (χ4v) is 5.74. The molecule has 3 rings (SSSR count). The topological polar surface area (TPSA) is 105 Å². The Hall–Kier alpha value is -1.68. The van der Waals surface area contributed by atoms with E-state index < -0.39 is 10.0 Å². The summed E-state index contributed by atoms with van der Waals surface area (Å²) in [6.45, 7) is 2.50. The van der Waals surface area contributed by atoms with Crippen molar-refractivity contribution in [1.29, 1.82) is 0 Å². The van der Waals surface area contributed by atoms with Crippen LogP contribution < -0.4 is 11.1 Å². The Bertz CT molecular complexity index is 868. The van der Waals surface area contributed by atoms with E-state index in [-0.39, 0.29) is 30.8 Å². The van der Waals surface area contributed by atoms with Crippen LogP contribution in [0.25, 0.3) is 0 Å². The molecular weight excluding hydrogens is 396 g/mol. The van der Waals surface area contributed by atoms with Gasteiger partial charge in [-0.15, -0.1) is 23.7 Å². The van der Waals surface area contributed by atoms with Crippen LogP contribution in [-0.4, -0.2) is 36.7 Å². The van der Waals surface area contributed by atoms with Gasteiger partial charge in [0, 0.05) is 18.0 Å². The third-order valence-corrected chi connectivity index (χ3v) is 7.45. The number of carbonyl (C=O) groups is 1. The number of anilines is 2. The third-order valence-electron chi connectivity index (χ3n) is 4.12. The molecule has 26 heavy (non-hydrogen) atoms. The summed E-state index contributed by atoms with van der Waals surface area (Å²) in [4.78, 5) is 17.4. The summed E-state index contributed by atoms with van der Waals surface area (Å²) < 4.78 is 27.2. The van der Waals surface area contributed by atoms with Crippen LogP contribution in [0.3, 0.4) is 0 Å². The molecule has 0 spiro atoms. The maximum absolute atomic E-state index is 12.7. The number of hydrogen-bond donors (Lipinski definition) is 2. The highest BCUT2D eigenvalue weighted by atomic mass is 35.5. The molecule has 3 N–H and O–H groups in total. The van der Waals surface area contributed by atoms with E-state index in [9.17, 15) is 13.2 Å². The molecule has 7 nitrogen and oxygen atoms in total. The molecule has 3 heterocycles. The van der Waals surface area contributed by atoms with Crippen molar-refractivity contribution in [2.75, 3.05) is 24.1 Å². The fraction of sp³-hybridized carbons (Fsp3) is 0.375. The average Bonchev–Trinajstić information content (AvgIpc) is 3.04. The van der Waals surface area contributed by atoms with Gasteiger partial charge in [0.2, 0.25) is 5.91 Å². The number of aromatic nitrogens is 1. The van der Waals surface area contributed by atoms with Crippen LogP contribution in [0.4, 0.5) is 11.5 Å². The number of piperidine rings is 1. The Balaban J connectivity index is 0.00000243. The maximum Gasteiger partial charge on any atom is 0.252 e. The molecule has 1 unspecified atom stereocenters. The van der Waals surface area contributed by atoms with Crippen molar-refractivity contribution in [1.82, 2.24) is 9.29 Å². The number of aryl methyl sites for hydroxylation is 1. The van der Waals surface area contributed by atoms with Crippen molar-refractivity contribution in [3.05, 3.63) is 35.3 Å². The summed E-state index contributed by atoms with van der Waals surface area (Å²) in [5.74, 6) is -0.213. The van der Waals surface area contributed by atoms with Crippen molar-refractivity contribution in [3.8, 4) is 0 Å². The van der Waals surface area contributed by atoms with E-state index in [0.717, 1.165) is 4.88 Å². The number of sulfonamides is 1. The molecule has 0 aromatic carbocycles. The zero-order chi connectivity index (χ0) is 18.0. The molecule has 2 aromatic heterocycles. The van der Waals surface area contributed by atoms with Gasteiger partial charge in [-0.2, -0.15) is 4.31 Å². The molecule has 2 aromatic rings. The van der Waals surface area contributed by atoms with Crippen molar-refractivity contribution in [3.63, 3.8) is 0 Å². The van der Waals surface area contributed by atoms with Gasteiger partial charge >= 0.3 is 0 Å². The first-order valence-electron chi connectivity index (χ1n) is 7.95. The van der Waals surface area contributed by atoms with E-state index in [4.69, 9.17) is 5.73 Å². The van der Waals surface area contributed by atoms with E-state index in [1.807, 2.05) is 6.92 Å². The molecule has 1 aliphatic rings. The number of nitrogen functional groups attached to an aromatic ring is 1. The van der Waals surface area contributed by atoms with Crippen molar-refractivity contribution in [2.24, 2.45) is 5.92 Å². The normalized spacial score (nSPS) is 18.1. The number of thiophene rings is 1. The van der Waals surface area contributed by atoms with Gasteiger partial charge in [-0.05, 0) is 44.0 Å². The number of rotatable bonds is 4. The molecule has 1 amide bonds. The summed E-state index contributed by atoms with van der Waals surface area (Å²) in [5, 5.41) is 2.78. The second kappa shape index (κ2) is 8.34. The van der Waals surface area contributed by atoms with Crippen LogP contribution >= 0.6 is 23.7 Å². The van der Waals surface area contributed by atoms with E-state index in [1.165, 1.54) is 21.8 Å². The minimum atomic E-state index is -3.54. The number of amides is 1. The Morgan fingerprint density at radius 3 is 2.73 bits per heavy atom. The smallest absolute Gasteiger partial charge is 0.252 e. The van der Waals surface area contributed by atoms with E-state index in [2.05, 4.69) is 10.3 Å². The maximum atomic E-state index is 12.7. The average molecular weight is 417 g/mol. The minimum absolute atomic E-state index is 0. The molecule has 0 radical (unpaired) electrons. The predicted molar refractivity (Wildman–Crippen MR) is 105 cm³/mol. The lowest BCUT2D eigenvalue weighted by Crippen LogP contribution is -2.43. The highest BCUT2D eigenvalue weighted by Crippen LogP contribution is 2.28. The summed E-state index contributed by atoms with van der Waals surface area (Å²) >= 11 is 1.25. The largest absolute Gasteiger partial charge is 0.384 e. The molecule has 0 saturated carbocycles. The molecule has 10 heteroatoms. The quantitative estimate of drug-likeness (QED) is 0.796. The Kier molecular flexibility index (Phi) is 6.62. The second-order valence-corrected chi connectivity index (χ2v) is 9.48. The van der Waals surface area contributed by atoms with Gasteiger partial charge in [-0.1, -0.05) is 0 Å². The predicted octanol–water partition coefficient (Wildman–Crippen LogP) is 2.49. The first-order valence-corrected chi connectivity index (χ1v) is 10.2. The Morgan fingerprint density at radius 2 is 2.12 bits per heavy atom. The van der Waals surface area contributed by atoms with Gasteiger partial charge in [-0.25, -0.2) is 13.4 Å². The lowest BCUT2D eigenvalue weighted by atomic mass is 9.99. The van der Waals surface area contributed by atoms with Crippen LogP contribution in [-0.2, 0) is 14.8 Å². The third kappa shape index (κ3) is 4.53. The number of pyridine rings is 1. The highest BCUT2D eigenvalue weighted by molar-refractivity contribution is 7.91. The number of hydrogen-bond acceptors (Lipinski definition) is 6. The van der Waals surface area contributed by atoms with E-state index >= 15 is 0 Å². The number of nitrogens with one attached hydrogen (secondary N) is 1. The zero-order valence-corrected chi connectivity index (χ0v) is 16.7. The molecule has 1 aliphatic heterocycles. The van der Waals surface area contributed by atoms with Gasteiger partial charge in [0.1, 0.15) is 10.0 Å². The Labute approximate surface area is 163 Å².